The molecule has 26 heteroatoms. The number of benzene rings is 7. The molecule has 8 aromatic carbocycles. The molecule has 0 saturated carbocycles. The molecule has 1 aromatic heterocycles. The molecule has 636 valence electrons. The van der Waals surface area contributed by atoms with E-state index in [0.29, 0.717) is 92.9 Å². The number of likely N-dealkylation sites (N-methyl/N-ethyl adjacent to an activating group) is 3. The predicted octanol–water partition coefficient (Wildman–Crippen LogP) is 12.1. The van der Waals surface area contributed by atoms with Gasteiger partial charge in [0, 0.05) is 168 Å². The molecule has 26 nitrogen and oxygen atoms in total. The monoisotopic (exact) mass is 1640 g/mol. The van der Waals surface area contributed by atoms with E-state index >= 15 is 0 Å². The zero-order chi connectivity index (χ0) is 84.3. The van der Waals surface area contributed by atoms with E-state index < -0.39 is 10.9 Å². The highest BCUT2D eigenvalue weighted by atomic mass is 16.5. The van der Waals surface area contributed by atoms with Crippen molar-refractivity contribution < 1.29 is 52.0 Å². The second kappa shape index (κ2) is 40.9. The minimum Gasteiger partial charge on any atom is -0.493 e. The lowest BCUT2D eigenvalue weighted by Crippen LogP contribution is -2.46. The summed E-state index contributed by atoms with van der Waals surface area (Å²) < 4.78 is 38.4. The fourth-order valence-corrected chi connectivity index (χ4v) is 17.6. The van der Waals surface area contributed by atoms with Gasteiger partial charge in [0.05, 0.1) is 67.0 Å². The molecule has 0 radical (unpaired) electrons. The third kappa shape index (κ3) is 19.5. The Bertz CT molecular complexity index is 5030. The minimum absolute atomic E-state index is 0.00325. The molecule has 0 bridgehead atoms. The van der Waals surface area contributed by atoms with Crippen LogP contribution < -0.4 is 75.7 Å². The first-order valence-corrected chi connectivity index (χ1v) is 42.3. The molecule has 3 atom stereocenters. The van der Waals surface area contributed by atoms with Crippen molar-refractivity contribution in [2.75, 3.05) is 186 Å². The molecular formula is C94H117N13O13. The molecule has 6 aliphatic rings. The van der Waals surface area contributed by atoms with Crippen molar-refractivity contribution in [2.45, 2.75) is 104 Å². The zero-order valence-corrected chi connectivity index (χ0v) is 71.0. The van der Waals surface area contributed by atoms with Crippen LogP contribution >= 0.6 is 0 Å². The Morgan fingerprint density at radius 3 is 1.14 bits per heavy atom. The van der Waals surface area contributed by atoms with E-state index in [1.54, 1.807) is 54.8 Å². The van der Waals surface area contributed by atoms with Gasteiger partial charge in [-0.3, -0.25) is 28.8 Å². The molecule has 3 fully saturated rings. The molecule has 6 aliphatic heterocycles. The van der Waals surface area contributed by atoms with Gasteiger partial charge in [0.15, 0.2) is 40.3 Å². The van der Waals surface area contributed by atoms with Crippen molar-refractivity contribution in [3.63, 3.8) is 0 Å². The molecule has 0 spiro atoms. The number of piperazine rings is 3. The topological polar surface area (TPSA) is 262 Å². The van der Waals surface area contributed by atoms with Crippen LogP contribution in [0.1, 0.15) is 158 Å². The second-order valence-corrected chi connectivity index (χ2v) is 31.1. The Hall–Kier alpha value is -11.6. The number of furan rings is 1. The Labute approximate surface area is 704 Å². The number of anilines is 5. The van der Waals surface area contributed by atoms with E-state index in [4.69, 9.17) is 38.6 Å². The predicted molar refractivity (Wildman–Crippen MR) is 470 cm³/mol. The molecular weight excluding hydrogens is 1520 g/mol. The molecule has 9 aromatic rings. The van der Waals surface area contributed by atoms with E-state index in [9.17, 15) is 28.8 Å². The lowest BCUT2D eigenvalue weighted by molar-refractivity contribution is 0.0681. The van der Waals surface area contributed by atoms with Gasteiger partial charge in [0.1, 0.15) is 11.4 Å². The number of nitrogens with zero attached hydrogens (tertiary/aromatic N) is 9. The summed E-state index contributed by atoms with van der Waals surface area (Å²) in [5.74, 6) is 4.04. The highest BCUT2D eigenvalue weighted by Gasteiger charge is 2.41. The standard InChI is InChI=1S/C33H42N4O3.C31H38N4O5.C30H37N5O5/c1-4-35-18-20-36(21-19-35)30-13-8-12-27-28(30)24-37(33(27)38)29(26-15-16-31(39-2)32(22-26)40-3)14-9-17-34-23-25-10-6-5-7-11-25;1-4-33-15-17-34(18-16-33)26-9-5-8-23-24(26)21-35(31(23)37)25(22-12-13-27(38-2)29(20-22)39-3)10-6-14-32-30(36)28-11-7-19-40-28;1-4-33-13-15-34(16-14-33)23-8-5-7-20-21(23)18-35(30(20)38)22(19-10-11-24(39-2)25(17-19)40-3)9-6-12-32-27-26(31)28(36)29(27)37/h5-8,10-13,15-16,22,29,34H,4,9,14,17-21,23-24H2,1-3H3;5,7-9,11-13,19-20,25H,4,6,10,14-18,21H2,1-3H3,(H,32,36);5,7-8,10-11,17,22,32H,4,6,9,12-16,18,31H2,1-3H3/t29-;25-;22-/m111/s1. The van der Waals surface area contributed by atoms with Gasteiger partial charge in [-0.05, 0) is 172 Å². The number of methoxy groups -OCH3 is 6. The van der Waals surface area contributed by atoms with Crippen LogP contribution in [0.5, 0.6) is 34.5 Å². The van der Waals surface area contributed by atoms with Crippen molar-refractivity contribution in [3.8, 4) is 34.5 Å². The second-order valence-electron chi connectivity index (χ2n) is 31.1. The largest absolute Gasteiger partial charge is 0.493 e. The fraction of sp³-hybridized carbons (Fsp3) is 0.426. The zero-order valence-electron chi connectivity index (χ0n) is 71.0. The van der Waals surface area contributed by atoms with E-state index in [0.717, 1.165) is 186 Å². The lowest BCUT2D eigenvalue weighted by Gasteiger charge is -2.36. The number of fused-ring (bicyclic) bond motifs is 3. The number of carbonyl (C=O) groups excluding carboxylic acids is 4. The highest BCUT2D eigenvalue weighted by Crippen LogP contribution is 2.45. The molecule has 120 heavy (non-hydrogen) atoms. The number of rotatable bonds is 34. The van der Waals surface area contributed by atoms with Gasteiger partial charge in [-0.1, -0.05) is 87.5 Å². The van der Waals surface area contributed by atoms with Crippen LogP contribution in [0.3, 0.4) is 0 Å². The average molecular weight is 1640 g/mol. The van der Waals surface area contributed by atoms with Crippen LogP contribution in [0.25, 0.3) is 0 Å². The average Bonchev–Trinajstić information content (AvgIpc) is 1.56. The van der Waals surface area contributed by atoms with Gasteiger partial charge in [-0.25, -0.2) is 0 Å². The van der Waals surface area contributed by atoms with Crippen molar-refractivity contribution in [1.82, 2.24) is 40.0 Å². The highest BCUT2D eigenvalue weighted by molar-refractivity contribution is 6.02. The molecule has 3 saturated heterocycles. The van der Waals surface area contributed by atoms with Crippen molar-refractivity contribution >= 4 is 52.1 Å². The summed E-state index contributed by atoms with van der Waals surface area (Å²) in [6.07, 6.45) is 5.89. The van der Waals surface area contributed by atoms with Gasteiger partial charge in [0.25, 0.3) is 34.5 Å². The summed E-state index contributed by atoms with van der Waals surface area (Å²) >= 11 is 0. The van der Waals surface area contributed by atoms with Crippen LogP contribution in [0.15, 0.2) is 172 Å². The fourth-order valence-electron chi connectivity index (χ4n) is 17.6. The molecule has 4 amide bonds. The Balaban J connectivity index is 0.000000156. The third-order valence-electron chi connectivity index (χ3n) is 24.5. The van der Waals surface area contributed by atoms with Gasteiger partial charge in [-0.15, -0.1) is 0 Å². The van der Waals surface area contributed by atoms with Gasteiger partial charge in [0.2, 0.25) is 0 Å². The number of ether oxygens (including phenoxy) is 6. The van der Waals surface area contributed by atoms with Gasteiger partial charge >= 0.3 is 0 Å². The lowest BCUT2D eigenvalue weighted by atomic mass is 9.99. The van der Waals surface area contributed by atoms with Crippen molar-refractivity contribution in [1.29, 1.82) is 0 Å². The van der Waals surface area contributed by atoms with E-state index in [1.165, 1.54) is 17.5 Å². The SMILES string of the molecule is CCN1CCN(c2cccc3c2CN([C@H](CCCNC(=O)c2ccco2)c2ccc(OC)c(OC)c2)C3=O)CC1.CCN1CCN(c2cccc3c2CN([C@H](CCCNCc2ccccc2)c2ccc(OC)c(OC)c2)C3=O)CC1.CCN1CCN(c2cccc3c2CN([C@H](CCCNc2c(N)c(=O)c2=O)c2ccc(OC)c(OC)c2)C3=O)CC1. The number of nitrogens with one attached hydrogen (secondary N) is 3. The normalized spacial score (nSPS) is 16.2. The van der Waals surface area contributed by atoms with E-state index in [-0.39, 0.29) is 58.9 Å². The van der Waals surface area contributed by atoms with E-state index in [1.807, 2.05) is 101 Å². The molecule has 5 N–H and O–H groups in total. The van der Waals surface area contributed by atoms with Crippen LogP contribution in [-0.4, -0.2) is 213 Å². The molecule has 0 unspecified atom stereocenters. The van der Waals surface area contributed by atoms with Crippen LogP contribution in [0.4, 0.5) is 28.4 Å². The summed E-state index contributed by atoms with van der Waals surface area (Å²) in [5, 5.41) is 9.49. The van der Waals surface area contributed by atoms with E-state index in [2.05, 4.69) is 120 Å². The quantitative estimate of drug-likeness (QED) is 0.0216. The summed E-state index contributed by atoms with van der Waals surface area (Å²) in [6.45, 7) is 26.0. The number of nitrogens with two attached hydrogens (primary N) is 1. The first kappa shape index (κ1) is 86.3. The number of hydrogen-bond acceptors (Lipinski definition) is 22. The number of nitrogen functional groups attached to an aromatic ring is 1. The Kier molecular flexibility index (Phi) is 29.4. The van der Waals surface area contributed by atoms with Crippen molar-refractivity contribution in [2.24, 2.45) is 0 Å². The van der Waals surface area contributed by atoms with Crippen LogP contribution in [0.2, 0.25) is 0 Å². The van der Waals surface area contributed by atoms with Crippen molar-refractivity contribution in [3.05, 3.63) is 240 Å². The maximum absolute atomic E-state index is 13.9. The Morgan fingerprint density at radius 2 is 0.792 bits per heavy atom. The van der Waals surface area contributed by atoms with Crippen LogP contribution in [-0.2, 0) is 26.2 Å². The first-order chi connectivity index (χ1) is 58.5. The molecule has 7 heterocycles. The number of amides is 4. The third-order valence-corrected chi connectivity index (χ3v) is 24.5. The van der Waals surface area contributed by atoms with Crippen LogP contribution in [0, 0.1) is 0 Å². The minimum atomic E-state index is -0.641. The number of hydrogen-bond donors (Lipinski definition) is 4. The smallest absolute Gasteiger partial charge is 0.286 e. The maximum Gasteiger partial charge on any atom is 0.286 e. The number of carbonyl (C=O) groups is 4. The summed E-state index contributed by atoms with van der Waals surface area (Å²) in [4.78, 5) is 97.9. The first-order valence-electron chi connectivity index (χ1n) is 42.3. The summed E-state index contributed by atoms with van der Waals surface area (Å²) in [5.41, 5.74) is 18.0. The van der Waals surface area contributed by atoms with Gasteiger partial charge < -0.3 is 98.6 Å². The Morgan fingerprint density at radius 1 is 0.417 bits per heavy atom. The molecule has 0 aliphatic carbocycles. The summed E-state index contributed by atoms with van der Waals surface area (Å²) in [6, 6.07) is 49.2. The molecule has 15 rings (SSSR count). The maximum atomic E-state index is 13.9. The van der Waals surface area contributed by atoms with Gasteiger partial charge in [-0.2, -0.15) is 0 Å². The summed E-state index contributed by atoms with van der Waals surface area (Å²) in [7, 11) is 9.72.